The molecule has 1 N–H and O–H groups in total. The molecule has 0 fully saturated rings. The number of methoxy groups -OCH3 is 1. The molecule has 0 bridgehead atoms. The van der Waals surface area contributed by atoms with Gasteiger partial charge in [0.15, 0.2) is 0 Å². The lowest BCUT2D eigenvalue weighted by atomic mass is 10.2. The number of nitrogens with one attached hydrogen (secondary N) is 1. The zero-order chi connectivity index (χ0) is 12.1. The number of aromatic nitrogens is 2. The molecule has 0 saturated heterocycles. The third kappa shape index (κ3) is 3.47. The Hall–Kier alpha value is -0.580. The number of halogens is 1. The Morgan fingerprint density at radius 3 is 2.75 bits per heavy atom. The molecule has 16 heavy (non-hydrogen) atoms. The Morgan fingerprint density at radius 2 is 2.25 bits per heavy atom. The Balaban J connectivity index is 2.48. The molecule has 0 radical (unpaired) electrons. The standard InChI is InChI=1S/C11H20ClN3O/c1-8(5-6-16-4)13-7-10-11(12)9(2)14-15(10)3/h8,13H,5-7H2,1-4H3. The number of rotatable bonds is 6. The lowest BCUT2D eigenvalue weighted by molar-refractivity contribution is 0.184. The van der Waals surface area contributed by atoms with Crippen molar-refractivity contribution in [2.24, 2.45) is 7.05 Å². The van der Waals surface area contributed by atoms with Crippen molar-refractivity contribution in [3.8, 4) is 0 Å². The monoisotopic (exact) mass is 245 g/mol. The predicted octanol–water partition coefficient (Wildman–Crippen LogP) is 1.90. The van der Waals surface area contributed by atoms with Crippen LogP contribution >= 0.6 is 11.6 Å². The molecule has 1 unspecified atom stereocenters. The van der Waals surface area contributed by atoms with E-state index in [-0.39, 0.29) is 0 Å². The van der Waals surface area contributed by atoms with Crippen LogP contribution in [0.4, 0.5) is 0 Å². The summed E-state index contributed by atoms with van der Waals surface area (Å²) >= 11 is 6.15. The molecular weight excluding hydrogens is 226 g/mol. The van der Waals surface area contributed by atoms with E-state index in [9.17, 15) is 0 Å². The second-order valence-corrected chi connectivity index (χ2v) is 4.41. The number of aryl methyl sites for hydroxylation is 2. The number of hydrogen-bond acceptors (Lipinski definition) is 3. The summed E-state index contributed by atoms with van der Waals surface area (Å²) in [6.45, 7) is 5.56. The molecule has 5 heteroatoms. The fourth-order valence-corrected chi connectivity index (χ4v) is 1.77. The summed E-state index contributed by atoms with van der Waals surface area (Å²) in [5.41, 5.74) is 1.91. The number of nitrogens with zero attached hydrogens (tertiary/aromatic N) is 2. The molecule has 1 aromatic rings. The van der Waals surface area contributed by atoms with Gasteiger partial charge in [0.05, 0.1) is 16.4 Å². The molecular formula is C11H20ClN3O. The molecule has 0 spiro atoms. The maximum Gasteiger partial charge on any atom is 0.0860 e. The molecule has 1 aromatic heterocycles. The molecule has 1 heterocycles. The van der Waals surface area contributed by atoms with E-state index in [0.29, 0.717) is 6.04 Å². The highest BCUT2D eigenvalue weighted by molar-refractivity contribution is 6.31. The predicted molar refractivity (Wildman–Crippen MR) is 65.7 cm³/mol. The van der Waals surface area contributed by atoms with E-state index in [1.54, 1.807) is 7.11 Å². The van der Waals surface area contributed by atoms with Crippen molar-refractivity contribution in [2.75, 3.05) is 13.7 Å². The molecule has 1 atom stereocenters. The van der Waals surface area contributed by atoms with E-state index in [2.05, 4.69) is 17.3 Å². The van der Waals surface area contributed by atoms with Crippen molar-refractivity contribution >= 4 is 11.6 Å². The van der Waals surface area contributed by atoms with Crippen LogP contribution in [-0.2, 0) is 18.3 Å². The highest BCUT2D eigenvalue weighted by atomic mass is 35.5. The van der Waals surface area contributed by atoms with Gasteiger partial charge in [0, 0.05) is 33.4 Å². The van der Waals surface area contributed by atoms with Crippen molar-refractivity contribution < 1.29 is 4.74 Å². The van der Waals surface area contributed by atoms with Gasteiger partial charge < -0.3 is 10.1 Å². The first-order valence-electron chi connectivity index (χ1n) is 5.46. The smallest absolute Gasteiger partial charge is 0.0860 e. The quantitative estimate of drug-likeness (QED) is 0.832. The second-order valence-electron chi connectivity index (χ2n) is 4.03. The minimum Gasteiger partial charge on any atom is -0.385 e. The van der Waals surface area contributed by atoms with Crippen LogP contribution < -0.4 is 5.32 Å². The first-order valence-corrected chi connectivity index (χ1v) is 5.84. The summed E-state index contributed by atoms with van der Waals surface area (Å²) in [5, 5.41) is 8.43. The Bertz CT molecular complexity index is 338. The maximum atomic E-state index is 6.15. The zero-order valence-corrected chi connectivity index (χ0v) is 11.1. The lowest BCUT2D eigenvalue weighted by Crippen LogP contribution is -2.27. The third-order valence-corrected chi connectivity index (χ3v) is 3.13. The van der Waals surface area contributed by atoms with Crippen LogP contribution in [0, 0.1) is 6.92 Å². The molecule has 0 saturated carbocycles. The van der Waals surface area contributed by atoms with E-state index < -0.39 is 0 Å². The fraction of sp³-hybridized carbons (Fsp3) is 0.727. The van der Waals surface area contributed by atoms with Crippen LogP contribution in [0.15, 0.2) is 0 Å². The van der Waals surface area contributed by atoms with Gasteiger partial charge in [0.1, 0.15) is 0 Å². The summed E-state index contributed by atoms with van der Waals surface area (Å²) in [6.07, 6.45) is 0.991. The van der Waals surface area contributed by atoms with Crippen LogP contribution in [0.3, 0.4) is 0 Å². The van der Waals surface area contributed by atoms with Gasteiger partial charge in [-0.2, -0.15) is 5.10 Å². The van der Waals surface area contributed by atoms with Crippen molar-refractivity contribution in [3.63, 3.8) is 0 Å². The average Bonchev–Trinajstić information content (AvgIpc) is 2.48. The molecule has 0 aliphatic heterocycles. The van der Waals surface area contributed by atoms with Gasteiger partial charge in [-0.3, -0.25) is 4.68 Å². The van der Waals surface area contributed by atoms with Crippen LogP contribution in [0.5, 0.6) is 0 Å². The van der Waals surface area contributed by atoms with E-state index in [4.69, 9.17) is 16.3 Å². The first kappa shape index (κ1) is 13.5. The zero-order valence-electron chi connectivity index (χ0n) is 10.4. The summed E-state index contributed by atoms with van der Waals surface area (Å²) in [7, 11) is 3.63. The average molecular weight is 246 g/mol. The minimum atomic E-state index is 0.409. The lowest BCUT2D eigenvalue weighted by Gasteiger charge is -2.13. The largest absolute Gasteiger partial charge is 0.385 e. The Morgan fingerprint density at radius 1 is 1.56 bits per heavy atom. The van der Waals surface area contributed by atoms with Crippen LogP contribution in [-0.4, -0.2) is 29.5 Å². The Labute approximate surface area is 102 Å². The SMILES string of the molecule is COCCC(C)NCc1c(Cl)c(C)nn1C. The first-order chi connectivity index (χ1) is 7.56. The second kappa shape index (κ2) is 6.23. The maximum absolute atomic E-state index is 6.15. The molecule has 0 aliphatic carbocycles. The topological polar surface area (TPSA) is 39.1 Å². The van der Waals surface area contributed by atoms with Gasteiger partial charge in [-0.1, -0.05) is 11.6 Å². The number of ether oxygens (including phenoxy) is 1. The molecule has 4 nitrogen and oxygen atoms in total. The van der Waals surface area contributed by atoms with Gasteiger partial charge in [0.2, 0.25) is 0 Å². The van der Waals surface area contributed by atoms with Crippen molar-refractivity contribution in [3.05, 3.63) is 16.4 Å². The van der Waals surface area contributed by atoms with Crippen molar-refractivity contribution in [1.82, 2.24) is 15.1 Å². The van der Waals surface area contributed by atoms with Crippen molar-refractivity contribution in [1.29, 1.82) is 0 Å². The highest BCUT2D eigenvalue weighted by Crippen LogP contribution is 2.19. The minimum absolute atomic E-state index is 0.409. The summed E-state index contributed by atoms with van der Waals surface area (Å²) in [4.78, 5) is 0. The molecule has 1 rings (SSSR count). The fourth-order valence-electron chi connectivity index (χ4n) is 1.54. The van der Waals surface area contributed by atoms with Crippen molar-refractivity contribution in [2.45, 2.75) is 32.9 Å². The molecule has 0 aromatic carbocycles. The van der Waals surface area contributed by atoms with E-state index in [1.807, 2.05) is 18.7 Å². The van der Waals surface area contributed by atoms with Gasteiger partial charge in [-0.25, -0.2) is 0 Å². The van der Waals surface area contributed by atoms with Crippen LogP contribution in [0.1, 0.15) is 24.7 Å². The van der Waals surface area contributed by atoms with Gasteiger partial charge in [-0.15, -0.1) is 0 Å². The molecule has 0 aliphatic rings. The normalized spacial score (nSPS) is 13.1. The molecule has 0 amide bonds. The highest BCUT2D eigenvalue weighted by Gasteiger charge is 2.11. The Kier molecular flexibility index (Phi) is 5.25. The van der Waals surface area contributed by atoms with Gasteiger partial charge in [0.25, 0.3) is 0 Å². The summed E-state index contributed by atoms with van der Waals surface area (Å²) in [6, 6.07) is 0.409. The molecule has 92 valence electrons. The van der Waals surface area contributed by atoms with E-state index >= 15 is 0 Å². The van der Waals surface area contributed by atoms with E-state index in [1.165, 1.54) is 0 Å². The van der Waals surface area contributed by atoms with Crippen LogP contribution in [0.25, 0.3) is 0 Å². The van der Waals surface area contributed by atoms with Gasteiger partial charge in [-0.05, 0) is 20.3 Å². The van der Waals surface area contributed by atoms with Crippen LogP contribution in [0.2, 0.25) is 5.02 Å². The number of hydrogen-bond donors (Lipinski definition) is 1. The summed E-state index contributed by atoms with van der Waals surface area (Å²) in [5.74, 6) is 0. The van der Waals surface area contributed by atoms with Gasteiger partial charge >= 0.3 is 0 Å². The third-order valence-electron chi connectivity index (χ3n) is 2.63. The summed E-state index contributed by atoms with van der Waals surface area (Å²) < 4.78 is 6.86. The van der Waals surface area contributed by atoms with E-state index in [0.717, 1.165) is 36.0 Å².